The van der Waals surface area contributed by atoms with Gasteiger partial charge in [-0.15, -0.1) is 0 Å². The fourth-order valence-electron chi connectivity index (χ4n) is 3.72. The average molecular weight is 342 g/mol. The lowest BCUT2D eigenvalue weighted by Gasteiger charge is -2.38. The molecule has 2 N–H and O–H groups in total. The number of H-pyrrole nitrogens is 1. The Balaban J connectivity index is 1.85. The highest BCUT2D eigenvalue weighted by molar-refractivity contribution is 6.00. The van der Waals surface area contributed by atoms with Gasteiger partial charge in [-0.1, -0.05) is 18.2 Å². The first-order valence-electron chi connectivity index (χ1n) is 8.72. The molecule has 134 valence electrons. The van der Waals surface area contributed by atoms with Gasteiger partial charge in [-0.2, -0.15) is 0 Å². The highest BCUT2D eigenvalue weighted by Crippen LogP contribution is 2.27. The topological polar surface area (TPSA) is 72.5 Å². The molecule has 1 amide bonds. The van der Waals surface area contributed by atoms with Crippen molar-refractivity contribution in [2.24, 2.45) is 11.8 Å². The Kier molecular flexibility index (Phi) is 5.50. The van der Waals surface area contributed by atoms with Gasteiger partial charge in [-0.05, 0) is 38.4 Å². The van der Waals surface area contributed by atoms with E-state index in [1.165, 1.54) is 0 Å². The van der Waals surface area contributed by atoms with Crippen molar-refractivity contribution < 1.29 is 9.90 Å². The van der Waals surface area contributed by atoms with Crippen molar-refractivity contribution in [3.63, 3.8) is 0 Å². The molecule has 0 unspecified atom stereocenters. The quantitative estimate of drug-likeness (QED) is 0.868. The smallest absolute Gasteiger partial charge is 0.254 e. The molecule has 0 aliphatic carbocycles. The van der Waals surface area contributed by atoms with Crippen LogP contribution in [0.1, 0.15) is 16.8 Å². The molecule has 0 bridgehead atoms. The van der Waals surface area contributed by atoms with E-state index in [-0.39, 0.29) is 18.4 Å². The summed E-state index contributed by atoms with van der Waals surface area (Å²) >= 11 is 0. The van der Waals surface area contributed by atoms with E-state index >= 15 is 0 Å². The van der Waals surface area contributed by atoms with Crippen molar-refractivity contribution in [2.45, 2.75) is 6.42 Å². The maximum atomic E-state index is 13.2. The van der Waals surface area contributed by atoms with Crippen LogP contribution >= 0.6 is 0 Å². The fraction of sp³-hybridized carbons (Fsp3) is 0.474. The Labute approximate surface area is 148 Å². The molecule has 0 saturated carbocycles. The van der Waals surface area contributed by atoms with Crippen LogP contribution in [0.4, 0.5) is 0 Å². The van der Waals surface area contributed by atoms with E-state index in [0.29, 0.717) is 23.9 Å². The van der Waals surface area contributed by atoms with E-state index in [4.69, 9.17) is 0 Å². The Morgan fingerprint density at radius 2 is 2.08 bits per heavy atom. The zero-order valence-corrected chi connectivity index (χ0v) is 14.9. The van der Waals surface area contributed by atoms with Crippen molar-refractivity contribution >= 4 is 5.91 Å². The number of nitrogens with one attached hydrogen (secondary N) is 1. The highest BCUT2D eigenvalue weighted by Gasteiger charge is 2.31. The van der Waals surface area contributed by atoms with E-state index < -0.39 is 0 Å². The Morgan fingerprint density at radius 3 is 2.76 bits per heavy atom. The summed E-state index contributed by atoms with van der Waals surface area (Å²) in [6, 6.07) is 7.56. The van der Waals surface area contributed by atoms with Crippen LogP contribution in [0.2, 0.25) is 0 Å². The summed E-state index contributed by atoms with van der Waals surface area (Å²) in [6.07, 6.45) is 4.40. The summed E-state index contributed by atoms with van der Waals surface area (Å²) < 4.78 is 0. The second-order valence-corrected chi connectivity index (χ2v) is 7.11. The fourth-order valence-corrected chi connectivity index (χ4v) is 3.72. The van der Waals surface area contributed by atoms with Gasteiger partial charge in [0.05, 0.1) is 5.56 Å². The summed E-state index contributed by atoms with van der Waals surface area (Å²) in [5.41, 5.74) is 1.47. The molecule has 0 radical (unpaired) electrons. The van der Waals surface area contributed by atoms with Gasteiger partial charge in [0.2, 0.25) is 0 Å². The third kappa shape index (κ3) is 4.08. The molecular weight excluding hydrogens is 316 g/mol. The Bertz CT molecular complexity index is 699. The summed E-state index contributed by atoms with van der Waals surface area (Å²) in [5.74, 6) is 1.22. The summed E-state index contributed by atoms with van der Waals surface area (Å²) in [6.45, 7) is 2.36. The first-order chi connectivity index (χ1) is 12.1. The van der Waals surface area contributed by atoms with Crippen LogP contribution in [-0.4, -0.2) is 71.1 Å². The van der Waals surface area contributed by atoms with Crippen molar-refractivity contribution in [3.05, 3.63) is 42.2 Å². The van der Waals surface area contributed by atoms with E-state index in [1.54, 1.807) is 12.4 Å². The number of carbonyl (C=O) groups is 1. The number of aliphatic hydroxyl groups excluding tert-OH is 1. The van der Waals surface area contributed by atoms with Crippen LogP contribution in [0, 0.1) is 11.8 Å². The lowest BCUT2D eigenvalue weighted by molar-refractivity contribution is 0.0478. The molecule has 1 aliphatic rings. The molecule has 3 rings (SSSR count). The van der Waals surface area contributed by atoms with Gasteiger partial charge in [-0.3, -0.25) is 4.79 Å². The number of likely N-dealkylation sites (tertiary alicyclic amines) is 1. The van der Waals surface area contributed by atoms with E-state index in [0.717, 1.165) is 25.1 Å². The number of piperidine rings is 1. The largest absolute Gasteiger partial charge is 0.396 e. The molecule has 0 spiro atoms. The number of rotatable bonds is 5. The standard InChI is InChI=1S/C19H26N4O2/c1-22(2)10-14-9-15(13-24)12-23(11-14)19(25)17-6-4-3-5-16(17)18-20-7-8-21-18/h3-8,14-15,24H,9-13H2,1-2H3,(H,20,21)/t14-,15-/m0/s1. The van der Waals surface area contributed by atoms with Crippen molar-refractivity contribution in [1.29, 1.82) is 0 Å². The van der Waals surface area contributed by atoms with Crippen LogP contribution < -0.4 is 0 Å². The molecule has 1 aliphatic heterocycles. The normalized spacial score (nSPS) is 20.9. The zero-order chi connectivity index (χ0) is 17.8. The second kappa shape index (κ2) is 7.80. The SMILES string of the molecule is CN(C)C[C@@H]1C[C@H](CO)CN(C(=O)c2ccccc2-c2ncc[nH]2)C1. The number of nitrogens with zero attached hydrogens (tertiary/aromatic N) is 3. The predicted octanol–water partition coefficient (Wildman–Crippen LogP) is 1.71. The van der Waals surface area contributed by atoms with E-state index in [2.05, 4.69) is 14.9 Å². The molecule has 6 nitrogen and oxygen atoms in total. The van der Waals surface area contributed by atoms with Gasteiger partial charge in [0.15, 0.2) is 0 Å². The molecule has 25 heavy (non-hydrogen) atoms. The summed E-state index contributed by atoms with van der Waals surface area (Å²) in [5, 5.41) is 9.65. The maximum Gasteiger partial charge on any atom is 0.254 e. The number of amides is 1. The number of aromatic nitrogens is 2. The second-order valence-electron chi connectivity index (χ2n) is 7.11. The van der Waals surface area contributed by atoms with Gasteiger partial charge < -0.3 is 19.9 Å². The van der Waals surface area contributed by atoms with Crippen LogP contribution in [0.3, 0.4) is 0 Å². The predicted molar refractivity (Wildman–Crippen MR) is 97.2 cm³/mol. The molecule has 2 aromatic rings. The minimum atomic E-state index is 0.00825. The van der Waals surface area contributed by atoms with Gasteiger partial charge in [-0.25, -0.2) is 4.98 Å². The lowest BCUT2D eigenvalue weighted by Crippen LogP contribution is -2.47. The summed E-state index contributed by atoms with van der Waals surface area (Å²) in [7, 11) is 4.09. The summed E-state index contributed by atoms with van der Waals surface area (Å²) in [4.78, 5) is 24.6. The molecule has 1 fully saturated rings. The van der Waals surface area contributed by atoms with Gasteiger partial charge in [0.1, 0.15) is 5.82 Å². The molecule has 1 aromatic carbocycles. The third-order valence-corrected chi connectivity index (χ3v) is 4.70. The van der Waals surface area contributed by atoms with Crippen molar-refractivity contribution in [2.75, 3.05) is 40.3 Å². The van der Waals surface area contributed by atoms with E-state index in [9.17, 15) is 9.90 Å². The van der Waals surface area contributed by atoms with Crippen LogP contribution in [-0.2, 0) is 0 Å². The molecule has 2 heterocycles. The Hall–Kier alpha value is -2.18. The monoisotopic (exact) mass is 342 g/mol. The number of carbonyl (C=O) groups excluding carboxylic acids is 1. The minimum Gasteiger partial charge on any atom is -0.396 e. The third-order valence-electron chi connectivity index (χ3n) is 4.70. The van der Waals surface area contributed by atoms with Crippen LogP contribution in [0.5, 0.6) is 0 Å². The number of aromatic amines is 1. The van der Waals surface area contributed by atoms with Crippen molar-refractivity contribution in [3.8, 4) is 11.4 Å². The number of imidazole rings is 1. The Morgan fingerprint density at radius 1 is 1.32 bits per heavy atom. The average Bonchev–Trinajstić information content (AvgIpc) is 3.14. The zero-order valence-electron chi connectivity index (χ0n) is 14.9. The van der Waals surface area contributed by atoms with Crippen LogP contribution in [0.25, 0.3) is 11.4 Å². The number of benzene rings is 1. The molecular formula is C19H26N4O2. The number of aliphatic hydroxyl groups is 1. The number of hydrogen-bond acceptors (Lipinski definition) is 4. The molecule has 1 aromatic heterocycles. The highest BCUT2D eigenvalue weighted by atomic mass is 16.3. The molecule has 2 atom stereocenters. The number of hydrogen-bond donors (Lipinski definition) is 2. The van der Waals surface area contributed by atoms with Gasteiger partial charge in [0.25, 0.3) is 5.91 Å². The van der Waals surface area contributed by atoms with Gasteiger partial charge in [0, 0.05) is 44.2 Å². The maximum absolute atomic E-state index is 13.2. The van der Waals surface area contributed by atoms with Crippen molar-refractivity contribution in [1.82, 2.24) is 19.8 Å². The van der Waals surface area contributed by atoms with E-state index in [1.807, 2.05) is 43.3 Å². The van der Waals surface area contributed by atoms with Gasteiger partial charge >= 0.3 is 0 Å². The molecule has 6 heteroatoms. The lowest BCUT2D eigenvalue weighted by atomic mass is 9.88. The first-order valence-corrected chi connectivity index (χ1v) is 8.72. The minimum absolute atomic E-state index is 0.00825. The van der Waals surface area contributed by atoms with Crippen LogP contribution in [0.15, 0.2) is 36.7 Å². The first kappa shape index (κ1) is 17.6. The molecule has 1 saturated heterocycles.